The van der Waals surface area contributed by atoms with Crippen LogP contribution in [-0.2, 0) is 6.42 Å². The second-order valence-electron chi connectivity index (χ2n) is 7.42. The lowest BCUT2D eigenvalue weighted by atomic mass is 9.97. The van der Waals surface area contributed by atoms with Gasteiger partial charge in [-0.15, -0.1) is 0 Å². The number of dihydropyridines is 1. The number of pyridine rings is 1. The van der Waals surface area contributed by atoms with Crippen LogP contribution in [0.3, 0.4) is 0 Å². The van der Waals surface area contributed by atoms with E-state index in [2.05, 4.69) is 47.9 Å². The third-order valence-corrected chi connectivity index (χ3v) is 5.40. The highest BCUT2D eigenvalue weighted by Crippen LogP contribution is 2.24. The Balaban J connectivity index is 1.98. The van der Waals surface area contributed by atoms with E-state index in [1.54, 1.807) is 6.92 Å². The van der Waals surface area contributed by atoms with Crippen molar-refractivity contribution in [1.82, 2.24) is 15.2 Å². The van der Waals surface area contributed by atoms with E-state index in [1.165, 1.54) is 16.7 Å². The van der Waals surface area contributed by atoms with Crippen LogP contribution in [0.2, 0.25) is 0 Å². The van der Waals surface area contributed by atoms with Crippen LogP contribution in [0.4, 0.5) is 4.39 Å². The Labute approximate surface area is 157 Å². The van der Waals surface area contributed by atoms with Gasteiger partial charge in [-0.3, -0.25) is 9.88 Å². The molecular weight excluding hydrogens is 325 g/mol. The van der Waals surface area contributed by atoms with E-state index in [0.717, 1.165) is 18.8 Å². The summed E-state index contributed by atoms with van der Waals surface area (Å²) in [5, 5.41) is 3.27. The summed E-state index contributed by atoms with van der Waals surface area (Å²) in [6.45, 7) is 11.4. The van der Waals surface area contributed by atoms with Crippen molar-refractivity contribution in [3.8, 4) is 0 Å². The molecule has 0 saturated heterocycles. The number of hydrogen-bond acceptors (Lipinski definition) is 3. The quantitative estimate of drug-likeness (QED) is 0.691. The predicted molar refractivity (Wildman–Crippen MR) is 108 cm³/mol. The summed E-state index contributed by atoms with van der Waals surface area (Å²) < 4.78 is 14.0. The van der Waals surface area contributed by atoms with Crippen molar-refractivity contribution in [2.24, 2.45) is 0 Å². The molecule has 4 heteroatoms. The minimum atomic E-state index is -1.10. The molecule has 3 nitrogen and oxygen atoms in total. The van der Waals surface area contributed by atoms with E-state index in [9.17, 15) is 4.39 Å². The normalized spacial score (nSPS) is 17.8. The van der Waals surface area contributed by atoms with Crippen LogP contribution in [0, 0.1) is 0 Å². The van der Waals surface area contributed by atoms with Crippen LogP contribution in [0.25, 0.3) is 0 Å². The van der Waals surface area contributed by atoms with Gasteiger partial charge in [-0.2, -0.15) is 0 Å². The fourth-order valence-corrected chi connectivity index (χ4v) is 3.00. The standard InChI is InChI=1S/C22H32FN3/c1-6-18-11-13-24-14-20(18)16-26(5)17(3)19-8-9-21(25-15-19)10-12-22(4,23)7-2/h6,8-9,11,13,15,17,24H,1,7,10,12,14,16H2,2-5H3. The van der Waals surface area contributed by atoms with E-state index in [1.807, 2.05) is 31.5 Å². The van der Waals surface area contributed by atoms with Crippen molar-refractivity contribution in [1.29, 1.82) is 0 Å². The molecule has 0 fully saturated rings. The van der Waals surface area contributed by atoms with Gasteiger partial charge >= 0.3 is 0 Å². The number of nitrogens with one attached hydrogen (secondary N) is 1. The Kier molecular flexibility index (Phi) is 7.15. The maximum atomic E-state index is 14.0. The van der Waals surface area contributed by atoms with Gasteiger partial charge in [-0.1, -0.05) is 25.6 Å². The Bertz CT molecular complexity index is 658. The highest BCUT2D eigenvalue weighted by molar-refractivity contribution is 5.38. The van der Waals surface area contributed by atoms with Gasteiger partial charge in [0.2, 0.25) is 0 Å². The summed E-state index contributed by atoms with van der Waals surface area (Å²) in [5.74, 6) is 0. The summed E-state index contributed by atoms with van der Waals surface area (Å²) in [4.78, 5) is 6.86. The molecule has 0 bridgehead atoms. The average molecular weight is 358 g/mol. The van der Waals surface area contributed by atoms with Crippen LogP contribution in [-0.4, -0.2) is 35.7 Å². The number of alkyl halides is 1. The summed E-state index contributed by atoms with van der Waals surface area (Å²) in [6, 6.07) is 4.40. The molecule has 1 aliphatic heterocycles. The zero-order valence-corrected chi connectivity index (χ0v) is 16.6. The summed E-state index contributed by atoms with van der Waals surface area (Å²) in [6.07, 6.45) is 9.61. The van der Waals surface area contributed by atoms with Crippen molar-refractivity contribution in [2.75, 3.05) is 20.1 Å². The zero-order valence-electron chi connectivity index (χ0n) is 16.6. The maximum Gasteiger partial charge on any atom is 0.108 e. The van der Waals surface area contributed by atoms with Gasteiger partial charge in [-0.25, -0.2) is 4.39 Å². The summed E-state index contributed by atoms with van der Waals surface area (Å²) in [5.41, 5.74) is 3.56. The molecule has 0 aromatic carbocycles. The Morgan fingerprint density at radius 3 is 2.85 bits per heavy atom. The Morgan fingerprint density at radius 2 is 2.23 bits per heavy atom. The fraction of sp³-hybridized carbons (Fsp3) is 0.500. The minimum Gasteiger partial charge on any atom is -0.387 e. The van der Waals surface area contributed by atoms with Crippen molar-refractivity contribution in [3.63, 3.8) is 0 Å². The molecule has 2 heterocycles. The van der Waals surface area contributed by atoms with Gasteiger partial charge in [0, 0.05) is 31.0 Å². The van der Waals surface area contributed by atoms with Gasteiger partial charge in [0.05, 0.1) is 0 Å². The molecule has 1 aliphatic rings. The lowest BCUT2D eigenvalue weighted by Gasteiger charge is -2.28. The van der Waals surface area contributed by atoms with Crippen LogP contribution in [0.5, 0.6) is 0 Å². The molecule has 2 rings (SSSR count). The van der Waals surface area contributed by atoms with Crippen molar-refractivity contribution >= 4 is 0 Å². The van der Waals surface area contributed by atoms with Gasteiger partial charge < -0.3 is 5.32 Å². The molecule has 0 spiro atoms. The van der Waals surface area contributed by atoms with E-state index in [0.29, 0.717) is 19.3 Å². The third-order valence-electron chi connectivity index (χ3n) is 5.40. The number of likely N-dealkylation sites (N-methyl/N-ethyl adjacent to an activating group) is 1. The minimum absolute atomic E-state index is 0.253. The second-order valence-corrected chi connectivity index (χ2v) is 7.42. The lowest BCUT2D eigenvalue weighted by molar-refractivity contribution is 0.169. The number of aromatic nitrogens is 1. The first-order valence-corrected chi connectivity index (χ1v) is 9.44. The number of aryl methyl sites for hydroxylation is 1. The highest BCUT2D eigenvalue weighted by Gasteiger charge is 2.20. The Morgan fingerprint density at radius 1 is 1.46 bits per heavy atom. The van der Waals surface area contributed by atoms with Gasteiger partial charge in [0.15, 0.2) is 0 Å². The van der Waals surface area contributed by atoms with E-state index < -0.39 is 5.67 Å². The van der Waals surface area contributed by atoms with Crippen molar-refractivity contribution < 1.29 is 4.39 Å². The molecule has 2 atom stereocenters. The molecule has 142 valence electrons. The van der Waals surface area contributed by atoms with Crippen LogP contribution < -0.4 is 5.32 Å². The molecule has 0 amide bonds. The number of nitrogens with zero attached hydrogens (tertiary/aromatic N) is 2. The zero-order chi connectivity index (χ0) is 19.2. The number of allylic oxidation sites excluding steroid dienone is 3. The number of halogens is 1. The largest absolute Gasteiger partial charge is 0.387 e. The van der Waals surface area contributed by atoms with Gasteiger partial charge in [0.1, 0.15) is 5.67 Å². The van der Waals surface area contributed by atoms with Crippen molar-refractivity contribution in [2.45, 2.75) is 51.7 Å². The smallest absolute Gasteiger partial charge is 0.108 e. The predicted octanol–water partition coefficient (Wildman–Crippen LogP) is 4.74. The van der Waals surface area contributed by atoms with Crippen LogP contribution in [0.15, 0.2) is 54.4 Å². The average Bonchev–Trinajstić information content (AvgIpc) is 2.66. The SMILES string of the molecule is C=CC1=C(CN(C)C(C)c2ccc(CCC(C)(F)CC)nc2)CNC=C1. The van der Waals surface area contributed by atoms with Crippen LogP contribution in [0.1, 0.15) is 50.9 Å². The number of rotatable bonds is 9. The lowest BCUT2D eigenvalue weighted by Crippen LogP contribution is -2.29. The fourth-order valence-electron chi connectivity index (χ4n) is 3.00. The summed E-state index contributed by atoms with van der Waals surface area (Å²) in [7, 11) is 2.13. The van der Waals surface area contributed by atoms with E-state index >= 15 is 0 Å². The molecular formula is C22H32FN3. The first-order chi connectivity index (χ1) is 12.4. The molecule has 2 unspecified atom stereocenters. The van der Waals surface area contributed by atoms with Crippen molar-refractivity contribution in [3.05, 3.63) is 65.7 Å². The first-order valence-electron chi connectivity index (χ1n) is 9.44. The molecule has 0 saturated carbocycles. The van der Waals surface area contributed by atoms with E-state index in [-0.39, 0.29) is 6.04 Å². The monoisotopic (exact) mass is 357 g/mol. The molecule has 0 radical (unpaired) electrons. The highest BCUT2D eigenvalue weighted by atomic mass is 19.1. The summed E-state index contributed by atoms with van der Waals surface area (Å²) >= 11 is 0. The third kappa shape index (κ3) is 5.53. The Hall–Kier alpha value is -1.94. The van der Waals surface area contributed by atoms with Gasteiger partial charge in [-0.05, 0) is 75.2 Å². The molecule has 0 aliphatic carbocycles. The second kappa shape index (κ2) is 9.13. The first kappa shape index (κ1) is 20.4. The maximum absolute atomic E-state index is 14.0. The molecule has 1 N–H and O–H groups in total. The molecule has 1 aromatic rings. The number of hydrogen-bond donors (Lipinski definition) is 1. The van der Waals surface area contributed by atoms with E-state index in [4.69, 9.17) is 0 Å². The van der Waals surface area contributed by atoms with Gasteiger partial charge in [0.25, 0.3) is 0 Å². The molecule has 26 heavy (non-hydrogen) atoms. The molecule has 1 aromatic heterocycles. The van der Waals surface area contributed by atoms with Crippen LogP contribution >= 0.6 is 0 Å². The topological polar surface area (TPSA) is 28.2 Å².